The minimum absolute atomic E-state index is 0.102. The Balaban J connectivity index is 2.38. The van der Waals surface area contributed by atoms with Crippen molar-refractivity contribution in [1.82, 2.24) is 4.90 Å². The Bertz CT molecular complexity index is 651. The van der Waals surface area contributed by atoms with Crippen molar-refractivity contribution in [3.05, 3.63) is 29.8 Å². The van der Waals surface area contributed by atoms with Crippen LogP contribution in [0.5, 0.6) is 0 Å². The lowest BCUT2D eigenvalue weighted by atomic mass is 10.2. The second-order valence-corrected chi connectivity index (χ2v) is 7.42. The van der Waals surface area contributed by atoms with E-state index in [9.17, 15) is 13.2 Å². The van der Waals surface area contributed by atoms with Crippen molar-refractivity contribution < 1.29 is 13.2 Å². The third-order valence-corrected chi connectivity index (χ3v) is 5.43. The fourth-order valence-electron chi connectivity index (χ4n) is 1.81. The van der Waals surface area contributed by atoms with E-state index >= 15 is 0 Å². The Morgan fingerprint density at radius 2 is 1.90 bits per heavy atom. The summed E-state index contributed by atoms with van der Waals surface area (Å²) in [5, 5.41) is -0.0347. The third kappa shape index (κ3) is 2.88. The van der Waals surface area contributed by atoms with Crippen LogP contribution < -0.4 is 0 Å². The van der Waals surface area contributed by atoms with Crippen molar-refractivity contribution in [2.45, 2.75) is 30.9 Å². The SMILES string of the molecule is CCN1C(=O)C(C)S/C1=N\S(=O)(=O)c1ccc(C)cc1. The maximum Gasteiger partial charge on any atom is 0.284 e. The number of benzene rings is 1. The van der Waals surface area contributed by atoms with Crippen LogP contribution in [0.25, 0.3) is 0 Å². The van der Waals surface area contributed by atoms with Gasteiger partial charge in [0.2, 0.25) is 5.91 Å². The highest BCUT2D eigenvalue weighted by atomic mass is 32.2. The van der Waals surface area contributed by atoms with E-state index in [2.05, 4.69) is 4.40 Å². The largest absolute Gasteiger partial charge is 0.290 e. The van der Waals surface area contributed by atoms with Crippen molar-refractivity contribution in [2.24, 2.45) is 4.40 Å². The number of hydrogen-bond donors (Lipinski definition) is 0. The molecule has 1 aromatic carbocycles. The lowest BCUT2D eigenvalue weighted by molar-refractivity contribution is -0.125. The van der Waals surface area contributed by atoms with E-state index in [1.807, 2.05) is 6.92 Å². The van der Waals surface area contributed by atoms with Crippen LogP contribution in [0, 0.1) is 6.92 Å². The first kappa shape index (κ1) is 15.1. The van der Waals surface area contributed by atoms with Crippen molar-refractivity contribution in [3.63, 3.8) is 0 Å². The maximum absolute atomic E-state index is 12.2. The lowest BCUT2D eigenvalue weighted by Gasteiger charge is -2.12. The number of hydrogen-bond acceptors (Lipinski definition) is 4. The minimum atomic E-state index is -3.78. The van der Waals surface area contributed by atoms with Crippen molar-refractivity contribution >= 4 is 32.9 Å². The molecule has 1 aliphatic heterocycles. The Morgan fingerprint density at radius 1 is 1.30 bits per heavy atom. The monoisotopic (exact) mass is 312 g/mol. The summed E-state index contributed by atoms with van der Waals surface area (Å²) in [6.45, 7) is 5.84. The summed E-state index contributed by atoms with van der Waals surface area (Å²) in [6.07, 6.45) is 0. The van der Waals surface area contributed by atoms with Crippen LogP contribution in [0.15, 0.2) is 33.6 Å². The number of aryl methyl sites for hydroxylation is 1. The van der Waals surface area contributed by atoms with E-state index < -0.39 is 10.0 Å². The quantitative estimate of drug-likeness (QED) is 0.856. The Morgan fingerprint density at radius 3 is 2.45 bits per heavy atom. The highest BCUT2D eigenvalue weighted by molar-refractivity contribution is 8.16. The van der Waals surface area contributed by atoms with Crippen molar-refractivity contribution in [1.29, 1.82) is 0 Å². The molecule has 0 bridgehead atoms. The number of carbonyl (C=O) groups excluding carboxylic acids is 1. The zero-order chi connectivity index (χ0) is 14.9. The molecule has 5 nitrogen and oxygen atoms in total. The van der Waals surface area contributed by atoms with Gasteiger partial charge in [0.05, 0.1) is 10.1 Å². The van der Waals surface area contributed by atoms with Crippen LogP contribution in [-0.4, -0.2) is 36.2 Å². The zero-order valence-corrected chi connectivity index (χ0v) is 13.2. The van der Waals surface area contributed by atoms with Gasteiger partial charge >= 0.3 is 0 Å². The standard InChI is InChI=1S/C13H16N2O3S2/c1-4-15-12(16)10(3)19-13(15)14-20(17,18)11-7-5-9(2)6-8-11/h5-8,10H,4H2,1-3H3/b14-13-. The first-order valence-electron chi connectivity index (χ1n) is 6.25. The van der Waals surface area contributed by atoms with Crippen molar-refractivity contribution in [2.75, 3.05) is 6.54 Å². The van der Waals surface area contributed by atoms with Crippen molar-refractivity contribution in [3.8, 4) is 0 Å². The van der Waals surface area contributed by atoms with Crippen LogP contribution in [0.3, 0.4) is 0 Å². The Labute approximate surface area is 123 Å². The summed E-state index contributed by atoms with van der Waals surface area (Å²) in [6, 6.07) is 6.49. The van der Waals surface area contributed by atoms with E-state index in [1.165, 1.54) is 28.8 Å². The lowest BCUT2D eigenvalue weighted by Crippen LogP contribution is -2.31. The molecule has 0 aliphatic carbocycles. The molecule has 1 unspecified atom stereocenters. The average Bonchev–Trinajstić information content (AvgIpc) is 2.64. The molecule has 1 heterocycles. The van der Waals surface area contributed by atoms with Crippen LogP contribution in [0.1, 0.15) is 19.4 Å². The molecule has 0 spiro atoms. The molecule has 1 saturated heterocycles. The molecule has 0 radical (unpaired) electrons. The third-order valence-electron chi connectivity index (χ3n) is 2.96. The van der Waals surface area contributed by atoms with Gasteiger partial charge in [-0.2, -0.15) is 8.42 Å². The topological polar surface area (TPSA) is 66.8 Å². The van der Waals surface area contributed by atoms with Gasteiger partial charge in [-0.25, -0.2) is 0 Å². The van der Waals surface area contributed by atoms with E-state index in [0.717, 1.165) is 5.56 Å². The highest BCUT2D eigenvalue weighted by Gasteiger charge is 2.35. The molecule has 1 aliphatic rings. The van der Waals surface area contributed by atoms with E-state index in [-0.39, 0.29) is 21.2 Å². The molecule has 1 atom stereocenters. The van der Waals surface area contributed by atoms with Gasteiger partial charge in [-0.15, -0.1) is 4.40 Å². The number of carbonyl (C=O) groups is 1. The molecule has 108 valence electrons. The molecular weight excluding hydrogens is 296 g/mol. The van der Waals surface area contributed by atoms with Gasteiger partial charge in [-0.3, -0.25) is 9.69 Å². The van der Waals surface area contributed by atoms with Gasteiger partial charge < -0.3 is 0 Å². The summed E-state index contributed by atoms with van der Waals surface area (Å²) in [4.78, 5) is 13.4. The summed E-state index contributed by atoms with van der Waals surface area (Å²) < 4.78 is 28.3. The fraction of sp³-hybridized carbons (Fsp3) is 0.385. The highest BCUT2D eigenvalue weighted by Crippen LogP contribution is 2.28. The summed E-state index contributed by atoms with van der Waals surface area (Å²) >= 11 is 1.18. The average molecular weight is 312 g/mol. The molecule has 20 heavy (non-hydrogen) atoms. The predicted molar refractivity (Wildman–Crippen MR) is 80.2 cm³/mol. The number of amides is 1. The molecular formula is C13H16N2O3S2. The van der Waals surface area contributed by atoms with Gasteiger partial charge in [0, 0.05) is 6.54 Å². The Kier molecular flexibility index (Phi) is 4.19. The first-order valence-corrected chi connectivity index (χ1v) is 8.57. The van der Waals surface area contributed by atoms with Crippen LogP contribution in [-0.2, 0) is 14.8 Å². The first-order chi connectivity index (χ1) is 9.35. The van der Waals surface area contributed by atoms with E-state index in [1.54, 1.807) is 26.0 Å². The molecule has 0 N–H and O–H groups in total. The molecule has 1 amide bonds. The number of thioether (sulfide) groups is 1. The van der Waals surface area contributed by atoms with Crippen LogP contribution >= 0.6 is 11.8 Å². The van der Waals surface area contributed by atoms with Gasteiger partial charge in [0.1, 0.15) is 0 Å². The van der Waals surface area contributed by atoms with E-state index in [4.69, 9.17) is 0 Å². The zero-order valence-electron chi connectivity index (χ0n) is 11.5. The number of nitrogens with zero attached hydrogens (tertiary/aromatic N) is 2. The molecule has 0 aromatic heterocycles. The van der Waals surface area contributed by atoms with Gasteiger partial charge in [-0.1, -0.05) is 29.5 Å². The predicted octanol–water partition coefficient (Wildman–Crippen LogP) is 2.02. The molecule has 1 fully saturated rings. The van der Waals surface area contributed by atoms with E-state index in [0.29, 0.717) is 6.54 Å². The maximum atomic E-state index is 12.2. The second kappa shape index (κ2) is 5.57. The Hall–Kier alpha value is -1.34. The molecule has 1 aromatic rings. The normalized spacial score (nSPS) is 21.8. The number of rotatable bonds is 3. The summed E-state index contributed by atoms with van der Waals surface area (Å²) in [7, 11) is -3.78. The minimum Gasteiger partial charge on any atom is -0.290 e. The van der Waals surface area contributed by atoms with Crippen LogP contribution in [0.4, 0.5) is 0 Å². The summed E-state index contributed by atoms with van der Waals surface area (Å²) in [5.41, 5.74) is 0.978. The number of sulfonamides is 1. The molecule has 7 heteroatoms. The van der Waals surface area contributed by atoms with Gasteiger partial charge in [-0.05, 0) is 32.9 Å². The second-order valence-electron chi connectivity index (χ2n) is 4.50. The fourth-order valence-corrected chi connectivity index (χ4v) is 4.06. The van der Waals surface area contributed by atoms with Gasteiger partial charge in [0.15, 0.2) is 5.17 Å². The smallest absolute Gasteiger partial charge is 0.284 e. The summed E-state index contributed by atoms with van der Waals surface area (Å²) in [5.74, 6) is -0.102. The number of amidine groups is 1. The molecule has 0 saturated carbocycles. The van der Waals surface area contributed by atoms with Crippen LogP contribution in [0.2, 0.25) is 0 Å². The molecule has 2 rings (SSSR count). The van der Waals surface area contributed by atoms with Gasteiger partial charge in [0.25, 0.3) is 10.0 Å².